The van der Waals surface area contributed by atoms with Crippen LogP contribution in [0.5, 0.6) is 0 Å². The van der Waals surface area contributed by atoms with E-state index in [1.165, 1.54) is 19.3 Å². The molecule has 0 unspecified atom stereocenters. The average molecular weight is 220 g/mol. The van der Waals surface area contributed by atoms with Crippen LogP contribution in [0.15, 0.2) is 0 Å². The molecule has 0 bridgehead atoms. The van der Waals surface area contributed by atoms with E-state index in [4.69, 9.17) is 5.26 Å². The standard InChI is InChI=1S/C13H20N2O/c1-15(9-6-11-4-2-5-11)12(16)13(10-14)7-3-8-13/h11H,2-9H2,1H3. The van der Waals surface area contributed by atoms with Crippen LogP contribution in [0.4, 0.5) is 0 Å². The van der Waals surface area contributed by atoms with E-state index in [2.05, 4.69) is 6.07 Å². The highest BCUT2D eigenvalue weighted by Crippen LogP contribution is 2.41. The van der Waals surface area contributed by atoms with Gasteiger partial charge in [-0.05, 0) is 31.6 Å². The number of carbonyl (C=O) groups is 1. The summed E-state index contributed by atoms with van der Waals surface area (Å²) in [6.45, 7) is 0.826. The molecule has 0 N–H and O–H groups in total. The second kappa shape index (κ2) is 4.45. The van der Waals surface area contributed by atoms with Crippen LogP contribution in [-0.4, -0.2) is 24.4 Å². The maximum absolute atomic E-state index is 12.1. The molecule has 3 heteroatoms. The summed E-state index contributed by atoms with van der Waals surface area (Å²) >= 11 is 0. The molecule has 2 rings (SSSR count). The minimum Gasteiger partial charge on any atom is -0.344 e. The second-order valence-corrected chi connectivity index (χ2v) is 5.36. The summed E-state index contributed by atoms with van der Waals surface area (Å²) in [5, 5.41) is 9.09. The van der Waals surface area contributed by atoms with Crippen molar-refractivity contribution in [1.29, 1.82) is 5.26 Å². The van der Waals surface area contributed by atoms with Gasteiger partial charge >= 0.3 is 0 Å². The average Bonchev–Trinajstić information content (AvgIpc) is 2.14. The molecule has 0 atom stereocenters. The zero-order chi connectivity index (χ0) is 11.6. The van der Waals surface area contributed by atoms with Gasteiger partial charge in [0.2, 0.25) is 5.91 Å². The molecule has 0 aromatic carbocycles. The van der Waals surface area contributed by atoms with Gasteiger partial charge in [-0.1, -0.05) is 19.3 Å². The van der Waals surface area contributed by atoms with E-state index in [0.717, 1.165) is 38.1 Å². The van der Waals surface area contributed by atoms with E-state index < -0.39 is 5.41 Å². The molecule has 2 aliphatic rings. The molecule has 2 aliphatic carbocycles. The Kier molecular flexibility index (Phi) is 3.18. The summed E-state index contributed by atoms with van der Waals surface area (Å²) < 4.78 is 0. The Morgan fingerprint density at radius 2 is 2.12 bits per heavy atom. The third-order valence-electron chi connectivity index (χ3n) is 4.27. The molecule has 0 saturated heterocycles. The van der Waals surface area contributed by atoms with Gasteiger partial charge in [0.1, 0.15) is 5.41 Å². The molecular formula is C13H20N2O. The number of nitriles is 1. The van der Waals surface area contributed by atoms with Gasteiger partial charge in [-0.3, -0.25) is 4.79 Å². The summed E-state index contributed by atoms with van der Waals surface area (Å²) in [6, 6.07) is 2.22. The summed E-state index contributed by atoms with van der Waals surface area (Å²) in [6.07, 6.45) is 7.66. The second-order valence-electron chi connectivity index (χ2n) is 5.36. The number of nitrogens with zero attached hydrogens (tertiary/aromatic N) is 2. The van der Waals surface area contributed by atoms with Crippen LogP contribution in [0, 0.1) is 22.7 Å². The highest BCUT2D eigenvalue weighted by Gasteiger charge is 2.46. The fourth-order valence-corrected chi connectivity index (χ4v) is 2.53. The maximum atomic E-state index is 12.1. The molecule has 0 aromatic rings. The lowest BCUT2D eigenvalue weighted by Crippen LogP contribution is -2.46. The van der Waals surface area contributed by atoms with E-state index in [9.17, 15) is 4.79 Å². The van der Waals surface area contributed by atoms with E-state index in [-0.39, 0.29) is 5.91 Å². The van der Waals surface area contributed by atoms with Gasteiger partial charge in [-0.15, -0.1) is 0 Å². The molecule has 0 aromatic heterocycles. The fourth-order valence-electron chi connectivity index (χ4n) is 2.53. The number of carbonyl (C=O) groups excluding carboxylic acids is 1. The van der Waals surface area contributed by atoms with Crippen LogP contribution in [0.25, 0.3) is 0 Å². The highest BCUT2D eigenvalue weighted by atomic mass is 16.2. The van der Waals surface area contributed by atoms with Crippen molar-refractivity contribution in [1.82, 2.24) is 4.90 Å². The summed E-state index contributed by atoms with van der Waals surface area (Å²) in [5.74, 6) is 0.884. The van der Waals surface area contributed by atoms with Crippen molar-refractivity contribution in [2.24, 2.45) is 11.3 Å². The van der Waals surface area contributed by atoms with Crippen LogP contribution in [0.3, 0.4) is 0 Å². The van der Waals surface area contributed by atoms with Crippen molar-refractivity contribution in [2.45, 2.75) is 44.9 Å². The largest absolute Gasteiger partial charge is 0.344 e. The van der Waals surface area contributed by atoms with Crippen LogP contribution >= 0.6 is 0 Å². The first kappa shape index (κ1) is 11.4. The molecule has 0 heterocycles. The first-order valence-electron chi connectivity index (χ1n) is 6.35. The lowest BCUT2D eigenvalue weighted by atomic mass is 9.69. The molecule has 0 radical (unpaired) electrons. The van der Waals surface area contributed by atoms with Crippen molar-refractivity contribution in [2.75, 3.05) is 13.6 Å². The summed E-state index contributed by atoms with van der Waals surface area (Å²) in [5.41, 5.74) is -0.658. The lowest BCUT2D eigenvalue weighted by Gasteiger charge is -2.37. The Hall–Kier alpha value is -1.04. The van der Waals surface area contributed by atoms with Gasteiger partial charge in [0, 0.05) is 13.6 Å². The molecule has 0 spiro atoms. The van der Waals surface area contributed by atoms with Gasteiger partial charge in [0.05, 0.1) is 6.07 Å². The molecule has 1 amide bonds. The number of hydrogen-bond acceptors (Lipinski definition) is 2. The molecule has 2 fully saturated rings. The third-order valence-corrected chi connectivity index (χ3v) is 4.27. The molecule has 16 heavy (non-hydrogen) atoms. The van der Waals surface area contributed by atoms with E-state index in [1.807, 2.05) is 7.05 Å². The topological polar surface area (TPSA) is 44.1 Å². The van der Waals surface area contributed by atoms with Gasteiger partial charge in [-0.25, -0.2) is 0 Å². The van der Waals surface area contributed by atoms with E-state index >= 15 is 0 Å². The number of amides is 1. The van der Waals surface area contributed by atoms with Crippen molar-refractivity contribution < 1.29 is 4.79 Å². The van der Waals surface area contributed by atoms with Crippen molar-refractivity contribution in [3.05, 3.63) is 0 Å². The van der Waals surface area contributed by atoms with Gasteiger partial charge in [-0.2, -0.15) is 5.26 Å². The van der Waals surface area contributed by atoms with Crippen LogP contribution in [0.2, 0.25) is 0 Å². The monoisotopic (exact) mass is 220 g/mol. The first-order valence-corrected chi connectivity index (χ1v) is 6.35. The molecule has 3 nitrogen and oxygen atoms in total. The zero-order valence-electron chi connectivity index (χ0n) is 10.0. The minimum absolute atomic E-state index is 0.0561. The van der Waals surface area contributed by atoms with Gasteiger partial charge in [0.15, 0.2) is 0 Å². The van der Waals surface area contributed by atoms with Crippen LogP contribution in [0.1, 0.15) is 44.9 Å². The fraction of sp³-hybridized carbons (Fsp3) is 0.846. The Labute approximate surface area is 97.4 Å². The zero-order valence-corrected chi connectivity index (χ0v) is 10.0. The molecule has 2 saturated carbocycles. The SMILES string of the molecule is CN(CCC1CCC1)C(=O)C1(C#N)CCC1. The molecular weight excluding hydrogens is 200 g/mol. The quantitative estimate of drug-likeness (QED) is 0.729. The van der Waals surface area contributed by atoms with Crippen molar-refractivity contribution >= 4 is 5.91 Å². The van der Waals surface area contributed by atoms with Crippen LogP contribution < -0.4 is 0 Å². The summed E-state index contributed by atoms with van der Waals surface area (Å²) in [4.78, 5) is 13.9. The Morgan fingerprint density at radius 3 is 2.50 bits per heavy atom. The maximum Gasteiger partial charge on any atom is 0.242 e. The highest BCUT2D eigenvalue weighted by molar-refractivity contribution is 5.86. The molecule has 0 aliphatic heterocycles. The number of rotatable bonds is 4. The van der Waals surface area contributed by atoms with Gasteiger partial charge in [0.25, 0.3) is 0 Å². The minimum atomic E-state index is -0.658. The number of hydrogen-bond donors (Lipinski definition) is 0. The van der Waals surface area contributed by atoms with Gasteiger partial charge < -0.3 is 4.90 Å². The Morgan fingerprint density at radius 1 is 1.44 bits per heavy atom. The predicted octanol–water partition coefficient (Wildman–Crippen LogP) is 2.33. The smallest absolute Gasteiger partial charge is 0.242 e. The normalized spacial score (nSPS) is 22.8. The van der Waals surface area contributed by atoms with Crippen molar-refractivity contribution in [3.63, 3.8) is 0 Å². The van der Waals surface area contributed by atoms with E-state index in [1.54, 1.807) is 4.90 Å². The van der Waals surface area contributed by atoms with Crippen molar-refractivity contribution in [3.8, 4) is 6.07 Å². The Bertz CT molecular complexity index is 310. The summed E-state index contributed by atoms with van der Waals surface area (Å²) in [7, 11) is 1.85. The first-order chi connectivity index (χ1) is 7.68. The predicted molar refractivity (Wildman–Crippen MR) is 61.5 cm³/mol. The third kappa shape index (κ3) is 1.93. The lowest BCUT2D eigenvalue weighted by molar-refractivity contribution is -0.141. The van der Waals surface area contributed by atoms with E-state index in [0.29, 0.717) is 0 Å². The molecule has 88 valence electrons. The Balaban J connectivity index is 1.81. The van der Waals surface area contributed by atoms with Crippen LogP contribution in [-0.2, 0) is 4.79 Å².